The molecule has 0 aliphatic carbocycles. The number of hydrogen-bond acceptors (Lipinski definition) is 4. The van der Waals surface area contributed by atoms with E-state index >= 15 is 0 Å². The molecule has 0 radical (unpaired) electrons. The maximum absolute atomic E-state index is 5.42. The smallest absolute Gasteiger partial charge is 0.385 e. The zero-order chi connectivity index (χ0) is 12.7. The Morgan fingerprint density at radius 1 is 1.00 bits per heavy atom. The summed E-state index contributed by atoms with van der Waals surface area (Å²) in [4.78, 5) is 0. The molecule has 0 saturated carbocycles. The average molecular weight is 255 g/mol. The largest absolute Gasteiger partial charge is 0.536 e. The lowest BCUT2D eigenvalue weighted by Crippen LogP contribution is -2.54. The Labute approximate surface area is 104 Å². The molecule has 1 aromatic rings. The van der Waals surface area contributed by atoms with Gasteiger partial charge >= 0.3 is 8.80 Å². The Morgan fingerprint density at radius 3 is 1.94 bits per heavy atom. The van der Waals surface area contributed by atoms with Crippen LogP contribution in [-0.2, 0) is 13.3 Å². The highest BCUT2D eigenvalue weighted by Crippen LogP contribution is 2.10. The van der Waals surface area contributed by atoms with Gasteiger partial charge in [-0.25, -0.2) is 0 Å². The molecule has 0 aliphatic heterocycles. The van der Waals surface area contributed by atoms with Crippen LogP contribution in [0.15, 0.2) is 24.3 Å². The van der Waals surface area contributed by atoms with Gasteiger partial charge in [0.25, 0.3) is 0 Å². The summed E-state index contributed by atoms with van der Waals surface area (Å²) in [6.45, 7) is 3.11. The second-order valence-corrected chi connectivity index (χ2v) is 6.59. The van der Waals surface area contributed by atoms with Crippen molar-refractivity contribution in [1.29, 1.82) is 0 Å². The van der Waals surface area contributed by atoms with Crippen LogP contribution in [0.4, 0.5) is 5.69 Å². The Balaban J connectivity index is 2.84. The molecule has 1 rings (SSSR count). The summed E-state index contributed by atoms with van der Waals surface area (Å²) in [5, 5.41) is 4.28. The van der Waals surface area contributed by atoms with Gasteiger partial charge in [0.05, 0.1) is 0 Å². The van der Waals surface area contributed by atoms with Crippen molar-refractivity contribution in [3.05, 3.63) is 24.3 Å². The van der Waals surface area contributed by atoms with E-state index in [9.17, 15) is 0 Å². The lowest BCUT2D eigenvalue weighted by molar-refractivity contribution is 0.140. The quantitative estimate of drug-likeness (QED) is 0.751. The maximum atomic E-state index is 5.42. The van der Waals surface area contributed by atoms with Gasteiger partial charge < -0.3 is 18.6 Å². The number of hydrogen-bond donors (Lipinski definition) is 1. The zero-order valence-electron chi connectivity index (χ0n) is 10.9. The van der Waals surface area contributed by atoms with E-state index in [0.29, 0.717) is 0 Å². The van der Waals surface area contributed by atoms with Crippen LogP contribution < -0.4 is 10.5 Å². The summed E-state index contributed by atoms with van der Waals surface area (Å²) in [6, 6.07) is 8.01. The van der Waals surface area contributed by atoms with Crippen LogP contribution >= 0.6 is 0 Å². The third-order valence-electron chi connectivity index (χ3n) is 2.62. The van der Waals surface area contributed by atoms with Gasteiger partial charge in [0, 0.05) is 38.7 Å². The third-order valence-corrected chi connectivity index (χ3v) is 5.28. The number of anilines is 1. The predicted molar refractivity (Wildman–Crippen MR) is 71.6 cm³/mol. The van der Waals surface area contributed by atoms with Crippen LogP contribution in [0.25, 0.3) is 0 Å². The molecule has 1 aromatic carbocycles. The van der Waals surface area contributed by atoms with Crippen LogP contribution in [-0.4, -0.2) is 36.7 Å². The highest BCUT2D eigenvalue weighted by molar-refractivity contribution is 6.75. The van der Waals surface area contributed by atoms with Crippen LogP contribution in [0.2, 0.25) is 0 Å². The van der Waals surface area contributed by atoms with Gasteiger partial charge in [0.2, 0.25) is 0 Å². The van der Waals surface area contributed by atoms with E-state index in [1.54, 1.807) is 21.3 Å². The van der Waals surface area contributed by atoms with Gasteiger partial charge in [-0.15, -0.1) is 0 Å². The van der Waals surface area contributed by atoms with Gasteiger partial charge in [-0.05, 0) is 18.6 Å². The molecule has 0 saturated heterocycles. The normalized spacial score (nSPS) is 11.5. The molecule has 0 bridgehead atoms. The Hall–Kier alpha value is -0.883. The maximum Gasteiger partial charge on any atom is 0.536 e. The first kappa shape index (κ1) is 14.2. The first-order chi connectivity index (χ1) is 8.22. The van der Waals surface area contributed by atoms with E-state index in [1.807, 2.05) is 24.3 Å². The van der Waals surface area contributed by atoms with Crippen molar-refractivity contribution in [3.8, 4) is 0 Å². The van der Waals surface area contributed by atoms with Crippen LogP contribution in [0, 0.1) is 0 Å². The fourth-order valence-electron chi connectivity index (χ4n) is 1.67. The first-order valence-electron chi connectivity index (χ1n) is 5.72. The predicted octanol–water partition coefficient (Wildman–Crippen LogP) is 1.59. The number of nitrogens with one attached hydrogen (secondary N) is 1. The van der Waals surface area contributed by atoms with Crippen molar-refractivity contribution in [1.82, 2.24) is 0 Å². The molecule has 0 aromatic heterocycles. The van der Waals surface area contributed by atoms with E-state index in [2.05, 4.69) is 12.2 Å². The van der Waals surface area contributed by atoms with Crippen molar-refractivity contribution < 1.29 is 13.3 Å². The molecular weight excluding hydrogens is 234 g/mol. The van der Waals surface area contributed by atoms with Crippen LogP contribution in [0.5, 0.6) is 0 Å². The summed E-state index contributed by atoms with van der Waals surface area (Å²) in [7, 11) is 2.17. The van der Waals surface area contributed by atoms with Crippen LogP contribution in [0.1, 0.15) is 13.3 Å². The molecule has 17 heavy (non-hydrogen) atoms. The van der Waals surface area contributed by atoms with Crippen molar-refractivity contribution in [2.75, 3.05) is 33.2 Å². The molecule has 0 spiro atoms. The number of rotatable bonds is 7. The molecule has 5 heteroatoms. The molecule has 96 valence electrons. The summed E-state index contributed by atoms with van der Waals surface area (Å²) in [5.41, 5.74) is 1.10. The van der Waals surface area contributed by atoms with E-state index in [1.165, 1.54) is 0 Å². The minimum absolute atomic E-state index is 0.965. The van der Waals surface area contributed by atoms with E-state index < -0.39 is 8.80 Å². The van der Waals surface area contributed by atoms with E-state index in [0.717, 1.165) is 23.8 Å². The highest BCUT2D eigenvalue weighted by atomic mass is 28.4. The molecule has 0 heterocycles. The molecule has 0 fully saturated rings. The average Bonchev–Trinajstić information content (AvgIpc) is 2.40. The SMILES string of the molecule is CCCNc1ccc([Si](OC)(OC)OC)cc1. The summed E-state index contributed by atoms with van der Waals surface area (Å²) in [6.07, 6.45) is 1.11. The Bertz CT molecular complexity index is 317. The fraction of sp³-hybridized carbons (Fsp3) is 0.500. The molecule has 0 aliphatic rings. The monoisotopic (exact) mass is 255 g/mol. The van der Waals surface area contributed by atoms with Gasteiger partial charge in [0.15, 0.2) is 0 Å². The Kier molecular flexibility index (Phi) is 5.63. The van der Waals surface area contributed by atoms with E-state index in [4.69, 9.17) is 13.3 Å². The van der Waals surface area contributed by atoms with Crippen molar-refractivity contribution in [2.45, 2.75) is 13.3 Å². The second-order valence-electron chi connectivity index (χ2n) is 3.67. The summed E-state index contributed by atoms with van der Waals surface area (Å²) >= 11 is 0. The molecule has 0 amide bonds. The van der Waals surface area contributed by atoms with Crippen LogP contribution in [0.3, 0.4) is 0 Å². The minimum Gasteiger partial charge on any atom is -0.385 e. The van der Waals surface area contributed by atoms with Crippen molar-refractivity contribution in [3.63, 3.8) is 0 Å². The lowest BCUT2D eigenvalue weighted by Gasteiger charge is -2.24. The fourth-order valence-corrected chi connectivity index (χ4v) is 3.45. The van der Waals surface area contributed by atoms with Gasteiger partial charge in [-0.1, -0.05) is 19.1 Å². The summed E-state index contributed by atoms with van der Waals surface area (Å²) < 4.78 is 16.3. The lowest BCUT2D eigenvalue weighted by atomic mass is 10.3. The minimum atomic E-state index is -2.68. The Morgan fingerprint density at radius 2 is 1.53 bits per heavy atom. The van der Waals surface area contributed by atoms with Gasteiger partial charge in [-0.2, -0.15) is 0 Å². The number of benzene rings is 1. The van der Waals surface area contributed by atoms with Crippen molar-refractivity contribution in [2.24, 2.45) is 0 Å². The first-order valence-corrected chi connectivity index (χ1v) is 7.44. The second kappa shape index (κ2) is 6.76. The zero-order valence-corrected chi connectivity index (χ0v) is 11.9. The summed E-state index contributed by atoms with van der Waals surface area (Å²) in [5.74, 6) is 0. The molecular formula is C12H21NO3Si. The van der Waals surface area contributed by atoms with Gasteiger partial charge in [-0.3, -0.25) is 0 Å². The molecule has 4 nitrogen and oxygen atoms in total. The topological polar surface area (TPSA) is 39.7 Å². The van der Waals surface area contributed by atoms with Crippen molar-refractivity contribution >= 4 is 19.7 Å². The van der Waals surface area contributed by atoms with E-state index in [-0.39, 0.29) is 0 Å². The molecule has 1 N–H and O–H groups in total. The molecule has 0 atom stereocenters. The highest BCUT2D eigenvalue weighted by Gasteiger charge is 2.40. The third kappa shape index (κ3) is 3.29. The van der Waals surface area contributed by atoms with Gasteiger partial charge in [0.1, 0.15) is 0 Å². The molecule has 0 unspecified atom stereocenters. The standard InChI is InChI=1S/C12H21NO3Si/c1-5-10-13-11-6-8-12(9-7-11)17(14-2,15-3)16-4/h6-9,13H,5,10H2,1-4H3.